The van der Waals surface area contributed by atoms with Crippen molar-refractivity contribution in [3.05, 3.63) is 41.7 Å². The number of hydrogen-bond donors (Lipinski definition) is 1. The van der Waals surface area contributed by atoms with Crippen LogP contribution in [0.1, 0.15) is 18.2 Å². The molecule has 0 bridgehead atoms. The Bertz CT molecular complexity index is 547. The monoisotopic (exact) mass is 244 g/mol. The van der Waals surface area contributed by atoms with E-state index in [1.54, 1.807) is 10.9 Å². The minimum Gasteiger partial charge on any atom is -0.324 e. The zero-order chi connectivity index (χ0) is 13.0. The van der Waals surface area contributed by atoms with E-state index in [1.807, 2.05) is 31.2 Å². The number of aryl methyl sites for hydroxylation is 2. The van der Waals surface area contributed by atoms with Crippen LogP contribution in [0.25, 0.3) is 0 Å². The second-order valence-electron chi connectivity index (χ2n) is 4.09. The van der Waals surface area contributed by atoms with E-state index < -0.39 is 0 Å². The number of amides is 1. The number of aromatic nitrogens is 3. The van der Waals surface area contributed by atoms with E-state index in [0.29, 0.717) is 0 Å². The van der Waals surface area contributed by atoms with Gasteiger partial charge in [-0.2, -0.15) is 0 Å². The summed E-state index contributed by atoms with van der Waals surface area (Å²) in [5.41, 5.74) is 2.86. The van der Waals surface area contributed by atoms with E-state index >= 15 is 0 Å². The highest BCUT2D eigenvalue weighted by Crippen LogP contribution is 2.15. The number of para-hydroxylation sites is 1. The van der Waals surface area contributed by atoms with Gasteiger partial charge in [0, 0.05) is 5.69 Å². The first-order valence-corrected chi connectivity index (χ1v) is 5.93. The number of hydrogen-bond acceptors (Lipinski definition) is 3. The molecule has 0 saturated carbocycles. The standard InChI is InChI=1S/C13H16N4O/c1-3-11-6-4-5-7-12(11)15-13(18)9-17-10(2)8-14-16-17/h4-8H,3,9H2,1-2H3,(H,15,18). The van der Waals surface area contributed by atoms with Gasteiger partial charge in [-0.1, -0.05) is 30.3 Å². The van der Waals surface area contributed by atoms with Gasteiger partial charge >= 0.3 is 0 Å². The highest BCUT2D eigenvalue weighted by molar-refractivity contribution is 5.91. The number of anilines is 1. The van der Waals surface area contributed by atoms with Crippen LogP contribution >= 0.6 is 0 Å². The lowest BCUT2D eigenvalue weighted by atomic mass is 10.1. The maximum Gasteiger partial charge on any atom is 0.246 e. The quantitative estimate of drug-likeness (QED) is 0.892. The Morgan fingerprint density at radius 1 is 1.39 bits per heavy atom. The van der Waals surface area contributed by atoms with Gasteiger partial charge in [0.1, 0.15) is 6.54 Å². The fourth-order valence-corrected chi connectivity index (χ4v) is 1.74. The molecule has 0 unspecified atom stereocenters. The van der Waals surface area contributed by atoms with Crippen molar-refractivity contribution in [1.29, 1.82) is 0 Å². The number of nitrogens with zero attached hydrogens (tertiary/aromatic N) is 3. The van der Waals surface area contributed by atoms with E-state index in [-0.39, 0.29) is 12.5 Å². The van der Waals surface area contributed by atoms with Gasteiger partial charge < -0.3 is 5.32 Å². The summed E-state index contributed by atoms with van der Waals surface area (Å²) in [5, 5.41) is 10.5. The molecule has 5 nitrogen and oxygen atoms in total. The second kappa shape index (κ2) is 5.44. The van der Waals surface area contributed by atoms with E-state index in [0.717, 1.165) is 23.4 Å². The predicted octanol–water partition coefficient (Wildman–Crippen LogP) is 1.79. The fraction of sp³-hybridized carbons (Fsp3) is 0.308. The Hall–Kier alpha value is -2.17. The molecule has 0 aliphatic rings. The summed E-state index contributed by atoms with van der Waals surface area (Å²) in [5.74, 6) is -0.0931. The molecule has 0 radical (unpaired) electrons. The van der Waals surface area contributed by atoms with Crippen LogP contribution in [0.4, 0.5) is 5.69 Å². The molecule has 1 aromatic heterocycles. The van der Waals surface area contributed by atoms with Gasteiger partial charge in [0.05, 0.1) is 11.9 Å². The van der Waals surface area contributed by atoms with Gasteiger partial charge in [0.2, 0.25) is 5.91 Å². The smallest absolute Gasteiger partial charge is 0.246 e. The molecule has 1 aromatic carbocycles. The van der Waals surface area contributed by atoms with Crippen LogP contribution in [0.2, 0.25) is 0 Å². The van der Waals surface area contributed by atoms with Gasteiger partial charge in [-0.05, 0) is 25.0 Å². The zero-order valence-corrected chi connectivity index (χ0v) is 10.6. The van der Waals surface area contributed by atoms with Crippen molar-refractivity contribution in [2.24, 2.45) is 0 Å². The third-order valence-corrected chi connectivity index (χ3v) is 2.78. The first-order valence-electron chi connectivity index (χ1n) is 5.93. The summed E-state index contributed by atoms with van der Waals surface area (Å²) in [6.07, 6.45) is 2.52. The van der Waals surface area contributed by atoms with Crippen LogP contribution in [0.3, 0.4) is 0 Å². The van der Waals surface area contributed by atoms with E-state index in [9.17, 15) is 4.79 Å². The van der Waals surface area contributed by atoms with Crippen LogP contribution in [-0.4, -0.2) is 20.9 Å². The average molecular weight is 244 g/mol. The van der Waals surface area contributed by atoms with Crippen molar-refractivity contribution >= 4 is 11.6 Å². The molecular formula is C13H16N4O. The van der Waals surface area contributed by atoms with Gasteiger partial charge in [0.25, 0.3) is 0 Å². The van der Waals surface area contributed by atoms with Crippen LogP contribution in [0.5, 0.6) is 0 Å². The summed E-state index contributed by atoms with van der Waals surface area (Å²) in [6, 6.07) is 7.80. The third-order valence-electron chi connectivity index (χ3n) is 2.78. The van der Waals surface area contributed by atoms with Crippen molar-refractivity contribution in [2.45, 2.75) is 26.8 Å². The minimum absolute atomic E-state index is 0.0931. The van der Waals surface area contributed by atoms with Crippen molar-refractivity contribution in [2.75, 3.05) is 5.32 Å². The molecule has 0 aliphatic carbocycles. The number of nitrogens with one attached hydrogen (secondary N) is 1. The molecule has 0 saturated heterocycles. The average Bonchev–Trinajstić information content (AvgIpc) is 2.75. The molecule has 94 valence electrons. The molecular weight excluding hydrogens is 228 g/mol. The molecule has 0 fully saturated rings. The Morgan fingerprint density at radius 2 is 2.17 bits per heavy atom. The Morgan fingerprint density at radius 3 is 2.83 bits per heavy atom. The molecule has 2 rings (SSSR count). The molecule has 2 aromatic rings. The molecule has 1 heterocycles. The number of benzene rings is 1. The van der Waals surface area contributed by atoms with E-state index in [4.69, 9.17) is 0 Å². The summed E-state index contributed by atoms with van der Waals surface area (Å²) >= 11 is 0. The Kier molecular flexibility index (Phi) is 3.72. The summed E-state index contributed by atoms with van der Waals surface area (Å²) in [4.78, 5) is 11.9. The highest BCUT2D eigenvalue weighted by atomic mass is 16.2. The van der Waals surface area contributed by atoms with Crippen LogP contribution < -0.4 is 5.32 Å². The minimum atomic E-state index is -0.0931. The maximum absolute atomic E-state index is 11.9. The van der Waals surface area contributed by atoms with Crippen LogP contribution in [-0.2, 0) is 17.8 Å². The predicted molar refractivity (Wildman–Crippen MR) is 69.2 cm³/mol. The van der Waals surface area contributed by atoms with Crippen LogP contribution in [0, 0.1) is 6.92 Å². The molecule has 1 N–H and O–H groups in total. The summed E-state index contributed by atoms with van der Waals surface area (Å²) in [6.45, 7) is 4.11. The largest absolute Gasteiger partial charge is 0.324 e. The Labute approximate surface area is 106 Å². The molecule has 5 heteroatoms. The lowest BCUT2D eigenvalue weighted by molar-refractivity contribution is -0.117. The first-order chi connectivity index (χ1) is 8.70. The lowest BCUT2D eigenvalue weighted by Crippen LogP contribution is -2.21. The highest BCUT2D eigenvalue weighted by Gasteiger charge is 2.08. The topological polar surface area (TPSA) is 59.8 Å². The molecule has 18 heavy (non-hydrogen) atoms. The summed E-state index contributed by atoms with van der Waals surface area (Å²) in [7, 11) is 0. The fourth-order valence-electron chi connectivity index (χ4n) is 1.74. The zero-order valence-electron chi connectivity index (χ0n) is 10.6. The third kappa shape index (κ3) is 2.74. The lowest BCUT2D eigenvalue weighted by Gasteiger charge is -2.09. The molecule has 0 spiro atoms. The Balaban J connectivity index is 2.05. The van der Waals surface area contributed by atoms with Crippen molar-refractivity contribution in [1.82, 2.24) is 15.0 Å². The number of carbonyl (C=O) groups excluding carboxylic acids is 1. The van der Waals surface area contributed by atoms with E-state index in [1.165, 1.54) is 0 Å². The molecule has 1 amide bonds. The summed E-state index contributed by atoms with van der Waals surface area (Å²) < 4.78 is 1.57. The van der Waals surface area contributed by atoms with Gasteiger partial charge in [-0.25, -0.2) is 4.68 Å². The van der Waals surface area contributed by atoms with Crippen molar-refractivity contribution in [3.63, 3.8) is 0 Å². The van der Waals surface area contributed by atoms with Crippen LogP contribution in [0.15, 0.2) is 30.5 Å². The molecule has 0 atom stereocenters. The number of carbonyl (C=O) groups is 1. The normalized spacial score (nSPS) is 10.3. The van der Waals surface area contributed by atoms with Gasteiger partial charge in [0.15, 0.2) is 0 Å². The first kappa shape index (κ1) is 12.3. The van der Waals surface area contributed by atoms with E-state index in [2.05, 4.69) is 22.6 Å². The SMILES string of the molecule is CCc1ccccc1NC(=O)Cn1nncc1C. The maximum atomic E-state index is 11.9. The number of rotatable bonds is 4. The second-order valence-corrected chi connectivity index (χ2v) is 4.09. The van der Waals surface area contributed by atoms with Crippen molar-refractivity contribution in [3.8, 4) is 0 Å². The van der Waals surface area contributed by atoms with Gasteiger partial charge in [-0.15, -0.1) is 5.10 Å². The van der Waals surface area contributed by atoms with Gasteiger partial charge in [-0.3, -0.25) is 4.79 Å². The molecule has 0 aliphatic heterocycles. The van der Waals surface area contributed by atoms with Crippen molar-refractivity contribution < 1.29 is 4.79 Å².